The lowest BCUT2D eigenvalue weighted by molar-refractivity contribution is -0.111. The van der Waals surface area contributed by atoms with Crippen LogP contribution in [-0.4, -0.2) is 19.6 Å². The normalized spacial score (nSPS) is 10.8. The van der Waals surface area contributed by atoms with Crippen molar-refractivity contribution in [2.24, 2.45) is 0 Å². The lowest BCUT2D eigenvalue weighted by Gasteiger charge is -2.12. The third kappa shape index (κ3) is 7.69. The lowest BCUT2D eigenvalue weighted by Crippen LogP contribution is -2.07. The highest BCUT2D eigenvalue weighted by Crippen LogP contribution is 2.29. The predicted molar refractivity (Wildman–Crippen MR) is 138 cm³/mol. The van der Waals surface area contributed by atoms with Gasteiger partial charge in [0.2, 0.25) is 5.91 Å². The molecule has 178 valence electrons. The summed E-state index contributed by atoms with van der Waals surface area (Å²) in [5.41, 5.74) is 3.86. The number of unbranched alkanes of at least 4 members (excludes halogenated alkanes) is 2. The van der Waals surface area contributed by atoms with Crippen LogP contribution in [0.15, 0.2) is 72.8 Å². The van der Waals surface area contributed by atoms with Crippen LogP contribution in [0.3, 0.4) is 0 Å². The number of carbonyl (C=O) groups excluding carboxylic acids is 1. The molecule has 0 aromatic heterocycles. The Morgan fingerprint density at radius 3 is 2.47 bits per heavy atom. The van der Waals surface area contributed by atoms with Gasteiger partial charge in [0, 0.05) is 11.8 Å². The van der Waals surface area contributed by atoms with E-state index in [1.165, 1.54) is 18.1 Å². The molecule has 0 heterocycles. The maximum absolute atomic E-state index is 12.3. The smallest absolute Gasteiger partial charge is 0.248 e. The van der Waals surface area contributed by atoms with Gasteiger partial charge in [-0.1, -0.05) is 50.1 Å². The molecule has 0 aliphatic heterocycles. The number of amides is 1. The van der Waals surface area contributed by atoms with Crippen molar-refractivity contribution in [3.05, 3.63) is 89.5 Å². The van der Waals surface area contributed by atoms with Gasteiger partial charge in [-0.15, -0.1) is 0 Å². The second kappa shape index (κ2) is 13.1. The molecule has 0 fully saturated rings. The number of methoxy groups -OCH3 is 1. The summed E-state index contributed by atoms with van der Waals surface area (Å²) in [5, 5.41) is 2.86. The Morgan fingerprint density at radius 2 is 1.74 bits per heavy atom. The zero-order valence-electron chi connectivity index (χ0n) is 20.2. The van der Waals surface area contributed by atoms with Crippen LogP contribution < -0.4 is 19.5 Å². The maximum atomic E-state index is 12.3. The van der Waals surface area contributed by atoms with Crippen LogP contribution in [0.4, 0.5) is 5.69 Å². The molecule has 3 rings (SSSR count). The van der Waals surface area contributed by atoms with Gasteiger partial charge in [0.15, 0.2) is 11.5 Å². The molecule has 0 spiro atoms. The van der Waals surface area contributed by atoms with Gasteiger partial charge in [0.1, 0.15) is 12.4 Å². The number of hydrogen-bond acceptors (Lipinski definition) is 4. The van der Waals surface area contributed by atoms with E-state index in [-0.39, 0.29) is 5.91 Å². The van der Waals surface area contributed by atoms with Crippen LogP contribution in [0.1, 0.15) is 42.9 Å². The number of anilines is 1. The van der Waals surface area contributed by atoms with Crippen LogP contribution >= 0.6 is 0 Å². The van der Waals surface area contributed by atoms with Crippen molar-refractivity contribution in [1.29, 1.82) is 0 Å². The Bertz CT molecular complexity index is 1090. The van der Waals surface area contributed by atoms with Crippen molar-refractivity contribution in [2.45, 2.75) is 39.7 Å². The van der Waals surface area contributed by atoms with E-state index in [4.69, 9.17) is 14.2 Å². The Kier molecular flexibility index (Phi) is 9.59. The van der Waals surface area contributed by atoms with Gasteiger partial charge in [-0.25, -0.2) is 0 Å². The van der Waals surface area contributed by atoms with Gasteiger partial charge >= 0.3 is 0 Å². The van der Waals surface area contributed by atoms with Crippen LogP contribution in [0.5, 0.6) is 17.2 Å². The number of rotatable bonds is 12. The van der Waals surface area contributed by atoms with Gasteiger partial charge in [0.25, 0.3) is 0 Å². The van der Waals surface area contributed by atoms with Gasteiger partial charge < -0.3 is 19.5 Å². The first-order valence-electron chi connectivity index (χ1n) is 11.7. The zero-order valence-corrected chi connectivity index (χ0v) is 20.2. The molecule has 1 amide bonds. The Morgan fingerprint density at radius 1 is 0.941 bits per heavy atom. The van der Waals surface area contributed by atoms with E-state index in [1.54, 1.807) is 13.2 Å². The number of ether oxygens (including phenoxy) is 3. The highest BCUT2D eigenvalue weighted by Gasteiger charge is 2.07. The largest absolute Gasteiger partial charge is 0.494 e. The molecular weight excluding hydrogens is 426 g/mol. The minimum Gasteiger partial charge on any atom is -0.494 e. The average Bonchev–Trinajstić information content (AvgIpc) is 2.86. The Labute approximate surface area is 202 Å². The number of benzene rings is 3. The fourth-order valence-corrected chi connectivity index (χ4v) is 3.37. The molecule has 0 saturated carbocycles. The second-order valence-electron chi connectivity index (χ2n) is 8.03. The highest BCUT2D eigenvalue weighted by molar-refractivity contribution is 6.02. The lowest BCUT2D eigenvalue weighted by atomic mass is 10.1. The van der Waals surface area contributed by atoms with Crippen LogP contribution in [0.2, 0.25) is 0 Å². The summed E-state index contributed by atoms with van der Waals surface area (Å²) in [6, 6.07) is 21.1. The molecule has 0 aliphatic rings. The molecule has 0 aliphatic carbocycles. The van der Waals surface area contributed by atoms with Gasteiger partial charge in [-0.3, -0.25) is 4.79 Å². The highest BCUT2D eigenvalue weighted by atomic mass is 16.5. The summed E-state index contributed by atoms with van der Waals surface area (Å²) in [4.78, 5) is 12.3. The van der Waals surface area contributed by atoms with Gasteiger partial charge in [-0.2, -0.15) is 0 Å². The van der Waals surface area contributed by atoms with Crippen molar-refractivity contribution in [1.82, 2.24) is 0 Å². The molecule has 0 saturated heterocycles. The average molecular weight is 460 g/mol. The molecule has 0 atom stereocenters. The molecule has 5 nitrogen and oxygen atoms in total. The molecule has 5 heteroatoms. The number of nitrogens with one attached hydrogen (secondary N) is 1. The van der Waals surface area contributed by atoms with Crippen molar-refractivity contribution in [3.63, 3.8) is 0 Å². The fourth-order valence-electron chi connectivity index (χ4n) is 3.37. The first kappa shape index (κ1) is 24.9. The summed E-state index contributed by atoms with van der Waals surface area (Å²) in [6.45, 7) is 5.40. The maximum Gasteiger partial charge on any atom is 0.248 e. The first-order valence-corrected chi connectivity index (χ1v) is 11.7. The molecule has 3 aromatic carbocycles. The summed E-state index contributed by atoms with van der Waals surface area (Å²) in [7, 11) is 1.60. The summed E-state index contributed by atoms with van der Waals surface area (Å²) < 4.78 is 17.2. The summed E-state index contributed by atoms with van der Waals surface area (Å²) in [5.74, 6) is 1.87. The second-order valence-corrected chi connectivity index (χ2v) is 8.03. The van der Waals surface area contributed by atoms with Gasteiger partial charge in [0.05, 0.1) is 13.7 Å². The van der Waals surface area contributed by atoms with E-state index in [1.807, 2.05) is 60.7 Å². The Hall–Kier alpha value is -3.73. The van der Waals surface area contributed by atoms with E-state index >= 15 is 0 Å². The van der Waals surface area contributed by atoms with Crippen molar-refractivity contribution in [2.75, 3.05) is 19.0 Å². The third-order valence-corrected chi connectivity index (χ3v) is 5.40. The van der Waals surface area contributed by atoms with E-state index in [2.05, 4.69) is 25.2 Å². The first-order chi connectivity index (χ1) is 16.6. The molecule has 1 N–H and O–H groups in total. The van der Waals surface area contributed by atoms with E-state index < -0.39 is 0 Å². The SMILES string of the molecule is CCCCCOc1ccc(NC(=O)/C=C/c2ccc(OCc3ccccc3C)c(OC)c2)cc1. The quantitative estimate of drug-likeness (QED) is 0.239. The zero-order chi connectivity index (χ0) is 24.2. The van der Waals surface area contributed by atoms with E-state index in [0.29, 0.717) is 30.4 Å². The Balaban J connectivity index is 1.54. The van der Waals surface area contributed by atoms with Crippen molar-refractivity contribution in [3.8, 4) is 17.2 Å². The topological polar surface area (TPSA) is 56.8 Å². The third-order valence-electron chi connectivity index (χ3n) is 5.40. The molecule has 0 radical (unpaired) electrons. The van der Waals surface area contributed by atoms with Gasteiger partial charge in [-0.05, 0) is 72.5 Å². The minimum atomic E-state index is -0.213. The number of carbonyl (C=O) groups is 1. The molecule has 0 unspecified atom stereocenters. The van der Waals surface area contributed by atoms with Crippen LogP contribution in [0.25, 0.3) is 6.08 Å². The summed E-state index contributed by atoms with van der Waals surface area (Å²) in [6.07, 6.45) is 6.62. The molecule has 0 bridgehead atoms. The van der Waals surface area contributed by atoms with E-state index in [9.17, 15) is 4.79 Å². The molecule has 34 heavy (non-hydrogen) atoms. The van der Waals surface area contributed by atoms with E-state index in [0.717, 1.165) is 29.7 Å². The minimum absolute atomic E-state index is 0.213. The number of aryl methyl sites for hydroxylation is 1. The van der Waals surface area contributed by atoms with Crippen LogP contribution in [0, 0.1) is 6.92 Å². The van der Waals surface area contributed by atoms with Crippen molar-refractivity contribution >= 4 is 17.7 Å². The fraction of sp³-hybridized carbons (Fsp3) is 0.276. The monoisotopic (exact) mass is 459 g/mol. The molecule has 3 aromatic rings. The predicted octanol–water partition coefficient (Wildman–Crippen LogP) is 6.80. The standard InChI is InChI=1S/C29H33NO4/c1-4-5-8-19-33-26-15-13-25(14-16-26)30-29(31)18-12-23-11-17-27(28(20-23)32-3)34-21-24-10-7-6-9-22(24)2/h6-7,9-18,20H,4-5,8,19,21H2,1-3H3,(H,30,31)/b18-12+. The van der Waals surface area contributed by atoms with Crippen molar-refractivity contribution < 1.29 is 19.0 Å². The number of hydrogen-bond donors (Lipinski definition) is 1. The summed E-state index contributed by atoms with van der Waals surface area (Å²) >= 11 is 0. The molecular formula is C29H33NO4. The van der Waals surface area contributed by atoms with Crippen LogP contribution in [-0.2, 0) is 11.4 Å².